The molecule has 0 saturated carbocycles. The quantitative estimate of drug-likeness (QED) is 0.318. The molecular formula is C13H27IN4O2. The molecule has 20 heavy (non-hydrogen) atoms. The second-order valence-electron chi connectivity index (χ2n) is 5.00. The highest BCUT2D eigenvalue weighted by Crippen LogP contribution is 2.16. The average Bonchev–Trinajstić information content (AvgIpc) is 2.94. The van der Waals surface area contributed by atoms with Gasteiger partial charge < -0.3 is 19.7 Å². The summed E-state index contributed by atoms with van der Waals surface area (Å²) in [7, 11) is 3.56. The summed E-state index contributed by atoms with van der Waals surface area (Å²) < 4.78 is 10.5. The van der Waals surface area contributed by atoms with Crippen LogP contribution in [-0.4, -0.2) is 88.5 Å². The number of ether oxygens (including phenoxy) is 2. The summed E-state index contributed by atoms with van der Waals surface area (Å²) in [5.41, 5.74) is 0. The molecule has 0 amide bonds. The van der Waals surface area contributed by atoms with Gasteiger partial charge in [0.2, 0.25) is 0 Å². The Bertz CT molecular complexity index is 298. The fourth-order valence-corrected chi connectivity index (χ4v) is 2.77. The highest BCUT2D eigenvalue weighted by molar-refractivity contribution is 14.0. The van der Waals surface area contributed by atoms with E-state index < -0.39 is 0 Å². The SMILES string of the molecule is CN=C(NCCOC)N1CCC(N2CCOCC2)C1.I. The third-order valence-corrected chi connectivity index (χ3v) is 3.83. The maximum atomic E-state index is 5.41. The zero-order chi connectivity index (χ0) is 13.5. The van der Waals surface area contributed by atoms with E-state index in [1.54, 1.807) is 7.11 Å². The Balaban J connectivity index is 0.00000200. The predicted octanol–water partition coefficient (Wildman–Crippen LogP) is 0.233. The highest BCUT2D eigenvalue weighted by atomic mass is 127. The summed E-state index contributed by atoms with van der Waals surface area (Å²) in [6.07, 6.45) is 1.21. The molecule has 0 aliphatic carbocycles. The molecular weight excluding hydrogens is 371 g/mol. The van der Waals surface area contributed by atoms with Crippen molar-refractivity contribution in [2.45, 2.75) is 12.5 Å². The lowest BCUT2D eigenvalue weighted by Gasteiger charge is -2.32. The van der Waals surface area contributed by atoms with Gasteiger partial charge in [-0.25, -0.2) is 0 Å². The third kappa shape index (κ3) is 5.01. The van der Waals surface area contributed by atoms with Gasteiger partial charge in [0.1, 0.15) is 0 Å². The van der Waals surface area contributed by atoms with E-state index in [-0.39, 0.29) is 24.0 Å². The van der Waals surface area contributed by atoms with Crippen LogP contribution >= 0.6 is 24.0 Å². The van der Waals surface area contributed by atoms with Crippen LogP contribution in [0.1, 0.15) is 6.42 Å². The molecule has 0 aromatic heterocycles. The zero-order valence-corrected chi connectivity index (χ0v) is 14.8. The van der Waals surface area contributed by atoms with Crippen LogP contribution in [0.3, 0.4) is 0 Å². The minimum atomic E-state index is 0. The molecule has 1 unspecified atom stereocenters. The second kappa shape index (κ2) is 9.75. The first-order valence-electron chi connectivity index (χ1n) is 7.11. The number of nitrogens with one attached hydrogen (secondary N) is 1. The lowest BCUT2D eigenvalue weighted by atomic mass is 10.2. The van der Waals surface area contributed by atoms with Gasteiger partial charge in [-0.05, 0) is 6.42 Å². The maximum absolute atomic E-state index is 5.41. The molecule has 1 atom stereocenters. The van der Waals surface area contributed by atoms with E-state index in [0.29, 0.717) is 12.6 Å². The van der Waals surface area contributed by atoms with E-state index in [1.807, 2.05) is 7.05 Å². The largest absolute Gasteiger partial charge is 0.383 e. The molecule has 2 saturated heterocycles. The molecule has 0 aromatic carbocycles. The van der Waals surface area contributed by atoms with E-state index in [4.69, 9.17) is 9.47 Å². The zero-order valence-electron chi connectivity index (χ0n) is 12.5. The molecule has 0 aromatic rings. The molecule has 0 radical (unpaired) electrons. The van der Waals surface area contributed by atoms with Gasteiger partial charge in [0.05, 0.1) is 19.8 Å². The highest BCUT2D eigenvalue weighted by Gasteiger charge is 2.29. The number of nitrogens with zero attached hydrogens (tertiary/aromatic N) is 3. The lowest BCUT2D eigenvalue weighted by Crippen LogP contribution is -2.47. The van der Waals surface area contributed by atoms with E-state index in [9.17, 15) is 0 Å². The number of morpholine rings is 1. The minimum absolute atomic E-state index is 0. The molecule has 2 heterocycles. The van der Waals surface area contributed by atoms with E-state index >= 15 is 0 Å². The number of hydrogen-bond acceptors (Lipinski definition) is 4. The summed E-state index contributed by atoms with van der Waals surface area (Å²) in [5.74, 6) is 0.993. The summed E-state index contributed by atoms with van der Waals surface area (Å²) in [4.78, 5) is 9.24. The smallest absolute Gasteiger partial charge is 0.193 e. The molecule has 0 bridgehead atoms. The number of methoxy groups -OCH3 is 1. The summed E-state index contributed by atoms with van der Waals surface area (Å²) in [6.45, 7) is 7.53. The van der Waals surface area contributed by atoms with Crippen molar-refractivity contribution >= 4 is 29.9 Å². The molecule has 2 rings (SSSR count). The van der Waals surface area contributed by atoms with E-state index in [0.717, 1.165) is 51.9 Å². The Labute approximate surface area is 138 Å². The van der Waals surface area contributed by atoms with Crippen molar-refractivity contribution < 1.29 is 9.47 Å². The third-order valence-electron chi connectivity index (χ3n) is 3.83. The number of aliphatic imine (C=N–C) groups is 1. The topological polar surface area (TPSA) is 49.3 Å². The fourth-order valence-electron chi connectivity index (χ4n) is 2.77. The minimum Gasteiger partial charge on any atom is -0.383 e. The number of halogens is 1. The number of rotatable bonds is 4. The number of likely N-dealkylation sites (tertiary alicyclic amines) is 1. The monoisotopic (exact) mass is 398 g/mol. The van der Waals surface area contributed by atoms with Crippen LogP contribution in [0.2, 0.25) is 0 Å². The average molecular weight is 398 g/mol. The second-order valence-corrected chi connectivity index (χ2v) is 5.00. The van der Waals surface area contributed by atoms with Gasteiger partial charge >= 0.3 is 0 Å². The van der Waals surface area contributed by atoms with Crippen LogP contribution in [0.25, 0.3) is 0 Å². The van der Waals surface area contributed by atoms with Crippen molar-refractivity contribution in [3.8, 4) is 0 Å². The van der Waals surface area contributed by atoms with Crippen molar-refractivity contribution in [3.05, 3.63) is 0 Å². The molecule has 2 aliphatic heterocycles. The van der Waals surface area contributed by atoms with Gasteiger partial charge in [0, 0.05) is 52.9 Å². The summed E-state index contributed by atoms with van der Waals surface area (Å²) in [6, 6.07) is 0.643. The van der Waals surface area contributed by atoms with Crippen LogP contribution < -0.4 is 5.32 Å². The molecule has 6 nitrogen and oxygen atoms in total. The number of hydrogen-bond donors (Lipinski definition) is 1. The van der Waals surface area contributed by atoms with Gasteiger partial charge in [-0.3, -0.25) is 9.89 Å². The summed E-state index contributed by atoms with van der Waals surface area (Å²) in [5, 5.41) is 3.34. The van der Waals surface area contributed by atoms with Crippen LogP contribution in [0, 0.1) is 0 Å². The first kappa shape index (κ1) is 17.9. The Morgan fingerprint density at radius 3 is 2.75 bits per heavy atom. The predicted molar refractivity (Wildman–Crippen MR) is 91.0 cm³/mol. The van der Waals surface area contributed by atoms with Gasteiger partial charge in [0.25, 0.3) is 0 Å². The molecule has 2 aliphatic rings. The van der Waals surface area contributed by atoms with E-state index in [2.05, 4.69) is 20.1 Å². The standard InChI is InChI=1S/C13H26N4O2.HI/c1-14-13(15-4-8-18-2)17-5-3-12(11-17)16-6-9-19-10-7-16;/h12H,3-11H2,1-2H3,(H,14,15);1H. The van der Waals surface area contributed by atoms with Crippen molar-refractivity contribution in [1.29, 1.82) is 0 Å². The molecule has 118 valence electrons. The van der Waals surface area contributed by atoms with Crippen LogP contribution in [-0.2, 0) is 9.47 Å². The first-order valence-corrected chi connectivity index (χ1v) is 7.11. The van der Waals surface area contributed by atoms with Gasteiger partial charge in [-0.1, -0.05) is 0 Å². The Morgan fingerprint density at radius 1 is 1.35 bits per heavy atom. The van der Waals surface area contributed by atoms with Gasteiger partial charge in [-0.15, -0.1) is 24.0 Å². The fraction of sp³-hybridized carbons (Fsp3) is 0.923. The molecule has 2 fully saturated rings. The molecule has 0 spiro atoms. The van der Waals surface area contributed by atoms with Crippen molar-refractivity contribution in [3.63, 3.8) is 0 Å². The van der Waals surface area contributed by atoms with Crippen LogP contribution in [0.4, 0.5) is 0 Å². The van der Waals surface area contributed by atoms with Gasteiger partial charge in [-0.2, -0.15) is 0 Å². The van der Waals surface area contributed by atoms with Crippen molar-refractivity contribution in [2.75, 3.05) is 66.7 Å². The Hall–Kier alpha value is -0.120. The maximum Gasteiger partial charge on any atom is 0.193 e. The Morgan fingerprint density at radius 2 is 2.10 bits per heavy atom. The summed E-state index contributed by atoms with van der Waals surface area (Å²) >= 11 is 0. The van der Waals surface area contributed by atoms with Crippen molar-refractivity contribution in [2.24, 2.45) is 4.99 Å². The Kier molecular flexibility index (Phi) is 8.74. The normalized spacial score (nSPS) is 24.6. The lowest BCUT2D eigenvalue weighted by molar-refractivity contribution is 0.0195. The first-order chi connectivity index (χ1) is 9.35. The van der Waals surface area contributed by atoms with Crippen molar-refractivity contribution in [1.82, 2.24) is 15.1 Å². The van der Waals surface area contributed by atoms with E-state index in [1.165, 1.54) is 6.42 Å². The van der Waals surface area contributed by atoms with Gasteiger partial charge in [0.15, 0.2) is 5.96 Å². The molecule has 1 N–H and O–H groups in total. The molecule has 7 heteroatoms. The number of guanidine groups is 1. The van der Waals surface area contributed by atoms with Crippen LogP contribution in [0.5, 0.6) is 0 Å². The van der Waals surface area contributed by atoms with Crippen LogP contribution in [0.15, 0.2) is 4.99 Å².